The molecule has 1 unspecified atom stereocenters. The zero-order valence-corrected chi connectivity index (χ0v) is 18.1. The van der Waals surface area contributed by atoms with Crippen LogP contribution in [-0.2, 0) is 14.8 Å². The van der Waals surface area contributed by atoms with E-state index in [1.807, 2.05) is 18.9 Å². The number of rotatable bonds is 6. The van der Waals surface area contributed by atoms with E-state index >= 15 is 0 Å². The molecule has 28 heavy (non-hydrogen) atoms. The summed E-state index contributed by atoms with van der Waals surface area (Å²) >= 11 is 0. The fourth-order valence-corrected chi connectivity index (χ4v) is 5.27. The number of amides is 1. The third kappa shape index (κ3) is 4.97. The Morgan fingerprint density at radius 3 is 2.39 bits per heavy atom. The molecule has 2 aliphatic heterocycles. The summed E-state index contributed by atoms with van der Waals surface area (Å²) in [5.74, 6) is 0.703. The molecule has 0 aromatic heterocycles. The SMILES string of the molecule is CCOc1ccc(S(=O)(=O)N2CCC(C(=O)N(C)C3CCNC3)CC2)cc1.Cl. The average Bonchev–Trinajstić information content (AvgIpc) is 3.22. The highest BCUT2D eigenvalue weighted by molar-refractivity contribution is 7.89. The maximum absolute atomic E-state index is 12.9. The van der Waals surface area contributed by atoms with Crippen LogP contribution >= 0.6 is 12.4 Å². The van der Waals surface area contributed by atoms with Gasteiger partial charge in [-0.1, -0.05) is 0 Å². The Balaban J connectivity index is 0.00000280. The van der Waals surface area contributed by atoms with Gasteiger partial charge in [-0.2, -0.15) is 4.31 Å². The minimum Gasteiger partial charge on any atom is -0.494 e. The third-order valence-electron chi connectivity index (χ3n) is 5.51. The zero-order valence-electron chi connectivity index (χ0n) is 16.5. The van der Waals surface area contributed by atoms with Gasteiger partial charge in [-0.25, -0.2) is 8.42 Å². The Morgan fingerprint density at radius 1 is 1.21 bits per heavy atom. The number of carbonyl (C=O) groups is 1. The highest BCUT2D eigenvalue weighted by Crippen LogP contribution is 2.26. The van der Waals surface area contributed by atoms with Gasteiger partial charge >= 0.3 is 0 Å². The highest BCUT2D eigenvalue weighted by Gasteiger charge is 2.35. The standard InChI is InChI=1S/C19H29N3O4S.ClH/c1-3-26-17-4-6-18(7-5-17)27(24,25)22-12-9-15(10-13-22)19(23)21(2)16-8-11-20-14-16;/h4-7,15-16,20H,3,8-14H2,1-2H3;1H. The van der Waals surface area contributed by atoms with E-state index in [1.165, 1.54) is 4.31 Å². The first kappa shape index (κ1) is 22.9. The molecule has 2 saturated heterocycles. The van der Waals surface area contributed by atoms with Gasteiger partial charge in [0.25, 0.3) is 0 Å². The maximum Gasteiger partial charge on any atom is 0.243 e. The molecule has 3 rings (SSSR count). The number of hydrogen-bond acceptors (Lipinski definition) is 5. The number of benzene rings is 1. The van der Waals surface area contributed by atoms with Crippen molar-refractivity contribution in [3.63, 3.8) is 0 Å². The number of nitrogens with zero attached hydrogens (tertiary/aromatic N) is 2. The van der Waals surface area contributed by atoms with Gasteiger partial charge in [-0.3, -0.25) is 4.79 Å². The van der Waals surface area contributed by atoms with Crippen molar-refractivity contribution in [2.45, 2.75) is 37.1 Å². The predicted molar refractivity (Wildman–Crippen MR) is 110 cm³/mol. The van der Waals surface area contributed by atoms with Crippen LogP contribution in [0, 0.1) is 5.92 Å². The molecule has 0 saturated carbocycles. The number of carbonyl (C=O) groups excluding carboxylic acids is 1. The molecule has 1 amide bonds. The fourth-order valence-electron chi connectivity index (χ4n) is 3.80. The largest absolute Gasteiger partial charge is 0.494 e. The van der Waals surface area contributed by atoms with Gasteiger partial charge in [0.15, 0.2) is 0 Å². The number of sulfonamides is 1. The second-order valence-corrected chi connectivity index (χ2v) is 9.12. The normalized spacial score (nSPS) is 21.1. The van der Waals surface area contributed by atoms with Crippen LogP contribution < -0.4 is 10.1 Å². The fraction of sp³-hybridized carbons (Fsp3) is 0.632. The summed E-state index contributed by atoms with van der Waals surface area (Å²) in [4.78, 5) is 14.8. The van der Waals surface area contributed by atoms with Gasteiger partial charge in [-0.05, 0) is 57.0 Å². The van der Waals surface area contributed by atoms with Crippen molar-refractivity contribution in [2.75, 3.05) is 39.8 Å². The lowest BCUT2D eigenvalue weighted by molar-refractivity contribution is -0.137. The lowest BCUT2D eigenvalue weighted by Crippen LogP contribution is -2.46. The van der Waals surface area contributed by atoms with Crippen molar-refractivity contribution in [1.29, 1.82) is 0 Å². The Kier molecular flexibility index (Phi) is 8.12. The van der Waals surface area contributed by atoms with Crippen LogP contribution in [-0.4, -0.2) is 69.4 Å². The number of ether oxygens (including phenoxy) is 1. The van der Waals surface area contributed by atoms with E-state index in [4.69, 9.17) is 4.74 Å². The van der Waals surface area contributed by atoms with Gasteiger partial charge < -0.3 is 15.0 Å². The van der Waals surface area contributed by atoms with Crippen LogP contribution in [0.3, 0.4) is 0 Å². The van der Waals surface area contributed by atoms with Crippen molar-refractivity contribution in [3.05, 3.63) is 24.3 Å². The minimum atomic E-state index is -3.54. The van der Waals surface area contributed by atoms with Crippen LogP contribution in [0.15, 0.2) is 29.2 Å². The van der Waals surface area contributed by atoms with Gasteiger partial charge in [0.1, 0.15) is 5.75 Å². The Bertz CT molecular complexity index is 743. The zero-order chi connectivity index (χ0) is 19.4. The highest BCUT2D eigenvalue weighted by atomic mass is 35.5. The Hall–Kier alpha value is -1.35. The van der Waals surface area contributed by atoms with Crippen molar-refractivity contribution in [2.24, 2.45) is 5.92 Å². The molecule has 0 aliphatic carbocycles. The molecule has 1 aromatic rings. The molecule has 9 heteroatoms. The molecule has 2 aliphatic rings. The van der Waals surface area contributed by atoms with E-state index < -0.39 is 10.0 Å². The summed E-state index contributed by atoms with van der Waals surface area (Å²) in [5, 5.41) is 3.28. The van der Waals surface area contributed by atoms with Gasteiger partial charge in [0, 0.05) is 38.6 Å². The van der Waals surface area contributed by atoms with Gasteiger partial charge in [0.2, 0.25) is 15.9 Å². The maximum atomic E-state index is 12.9. The molecule has 0 bridgehead atoms. The number of halogens is 1. The summed E-state index contributed by atoms with van der Waals surface area (Å²) in [6.45, 7) is 4.97. The predicted octanol–water partition coefficient (Wildman–Crippen LogP) is 1.73. The van der Waals surface area contributed by atoms with Crippen molar-refractivity contribution in [3.8, 4) is 5.75 Å². The van der Waals surface area contributed by atoms with Crippen LogP contribution in [0.5, 0.6) is 5.75 Å². The van der Waals surface area contributed by atoms with E-state index in [1.54, 1.807) is 24.3 Å². The second kappa shape index (κ2) is 9.91. The molecular weight excluding hydrogens is 402 g/mol. The summed E-state index contributed by atoms with van der Waals surface area (Å²) in [6.07, 6.45) is 2.12. The van der Waals surface area contributed by atoms with E-state index in [0.29, 0.717) is 38.3 Å². The van der Waals surface area contributed by atoms with Crippen molar-refractivity contribution < 1.29 is 17.9 Å². The number of nitrogens with one attached hydrogen (secondary N) is 1. The summed E-state index contributed by atoms with van der Waals surface area (Å²) in [5.41, 5.74) is 0. The lowest BCUT2D eigenvalue weighted by Gasteiger charge is -2.34. The quantitative estimate of drug-likeness (QED) is 0.742. The third-order valence-corrected chi connectivity index (χ3v) is 7.42. The smallest absolute Gasteiger partial charge is 0.243 e. The van der Waals surface area contributed by atoms with Crippen LogP contribution in [0.2, 0.25) is 0 Å². The first-order valence-corrected chi connectivity index (χ1v) is 11.1. The van der Waals surface area contributed by atoms with E-state index in [9.17, 15) is 13.2 Å². The molecule has 7 nitrogen and oxygen atoms in total. The van der Waals surface area contributed by atoms with Crippen LogP contribution in [0.1, 0.15) is 26.2 Å². The first-order chi connectivity index (χ1) is 12.9. The Labute approximate surface area is 173 Å². The van der Waals surface area contributed by atoms with Crippen molar-refractivity contribution >= 4 is 28.3 Å². The molecular formula is C19H30ClN3O4S. The summed E-state index contributed by atoms with van der Waals surface area (Å²) < 4.78 is 32.6. The first-order valence-electron chi connectivity index (χ1n) is 9.64. The molecule has 158 valence electrons. The number of hydrogen-bond donors (Lipinski definition) is 1. The van der Waals surface area contributed by atoms with E-state index in [2.05, 4.69) is 5.32 Å². The van der Waals surface area contributed by atoms with Crippen LogP contribution in [0.25, 0.3) is 0 Å². The van der Waals surface area contributed by atoms with Crippen LogP contribution in [0.4, 0.5) is 0 Å². The van der Waals surface area contributed by atoms with Gasteiger partial charge in [-0.15, -0.1) is 12.4 Å². The molecule has 2 heterocycles. The van der Waals surface area contributed by atoms with Crippen molar-refractivity contribution in [1.82, 2.24) is 14.5 Å². The second-order valence-electron chi connectivity index (χ2n) is 7.18. The summed E-state index contributed by atoms with van der Waals surface area (Å²) in [7, 11) is -1.67. The monoisotopic (exact) mass is 431 g/mol. The molecule has 1 N–H and O–H groups in total. The molecule has 1 aromatic carbocycles. The molecule has 2 fully saturated rings. The average molecular weight is 432 g/mol. The Morgan fingerprint density at radius 2 is 1.86 bits per heavy atom. The minimum absolute atomic E-state index is 0. The van der Waals surface area contributed by atoms with Gasteiger partial charge in [0.05, 0.1) is 11.5 Å². The number of piperidine rings is 1. The molecule has 0 radical (unpaired) electrons. The molecule has 1 atom stereocenters. The molecule has 0 spiro atoms. The summed E-state index contributed by atoms with van der Waals surface area (Å²) in [6, 6.07) is 6.77. The topological polar surface area (TPSA) is 79.0 Å². The number of likely N-dealkylation sites (N-methyl/N-ethyl adjacent to an activating group) is 1. The lowest BCUT2D eigenvalue weighted by atomic mass is 9.96. The van der Waals surface area contributed by atoms with E-state index in [0.717, 1.165) is 19.5 Å². The van der Waals surface area contributed by atoms with E-state index in [-0.39, 0.29) is 35.2 Å².